The second-order valence-electron chi connectivity index (χ2n) is 5.12. The summed E-state index contributed by atoms with van der Waals surface area (Å²) in [4.78, 5) is 8.43. The highest BCUT2D eigenvalue weighted by molar-refractivity contribution is 7.99. The smallest absolute Gasteiger partial charge is 0.174 e. The summed E-state index contributed by atoms with van der Waals surface area (Å²) in [5.41, 5.74) is 7.14. The van der Waals surface area contributed by atoms with Gasteiger partial charge in [-0.2, -0.15) is 10.5 Å². The van der Waals surface area contributed by atoms with Crippen molar-refractivity contribution in [2.75, 3.05) is 5.73 Å². The first-order valence-electron chi connectivity index (χ1n) is 7.13. The highest BCUT2D eigenvalue weighted by Gasteiger charge is 2.22. The van der Waals surface area contributed by atoms with Crippen LogP contribution >= 0.6 is 11.8 Å². The molecule has 0 aliphatic carbocycles. The molecule has 0 saturated carbocycles. The van der Waals surface area contributed by atoms with Crippen molar-refractivity contribution in [2.24, 2.45) is 7.05 Å². The average Bonchev–Trinajstić information content (AvgIpc) is 2.99. The molecule has 0 aliphatic heterocycles. The summed E-state index contributed by atoms with van der Waals surface area (Å²) >= 11 is 1.18. The molecule has 0 saturated heterocycles. The lowest BCUT2D eigenvalue weighted by Crippen LogP contribution is -2.03. The topological polar surface area (TPSA) is 125 Å². The predicted octanol–water partition coefficient (Wildman–Crippen LogP) is 2.66. The number of hydrogen-bond donors (Lipinski definition) is 2. The molecule has 2 heterocycles. The zero-order valence-corrected chi connectivity index (χ0v) is 13.9. The van der Waals surface area contributed by atoms with E-state index in [1.165, 1.54) is 23.9 Å². The fourth-order valence-electron chi connectivity index (χ4n) is 2.36. The van der Waals surface area contributed by atoms with E-state index in [4.69, 9.17) is 5.73 Å². The Bertz CT molecular complexity index is 1040. The summed E-state index contributed by atoms with van der Waals surface area (Å²) in [6.45, 7) is 0. The van der Waals surface area contributed by atoms with Crippen molar-refractivity contribution in [3.05, 3.63) is 47.8 Å². The van der Waals surface area contributed by atoms with Gasteiger partial charge in [0.15, 0.2) is 5.16 Å². The first kappa shape index (κ1) is 16.4. The second kappa shape index (κ2) is 6.56. The maximum absolute atomic E-state index is 9.75. The van der Waals surface area contributed by atoms with Gasteiger partial charge in [0.2, 0.25) is 0 Å². The van der Waals surface area contributed by atoms with Crippen LogP contribution in [0.1, 0.15) is 11.1 Å². The standard InChI is InChI=1S/C17H12N6OS/c1-23-6-5-21-17(23)25-16-13(9-19)14(12(8-18)15(20)22-16)10-3-2-4-11(24)7-10/h2-7,24H,1H3,(H2,20,22). The molecule has 0 bridgehead atoms. The van der Waals surface area contributed by atoms with Crippen molar-refractivity contribution in [1.29, 1.82) is 10.5 Å². The molecule has 3 aromatic rings. The Labute approximate surface area is 148 Å². The summed E-state index contributed by atoms with van der Waals surface area (Å²) in [7, 11) is 1.82. The third kappa shape index (κ3) is 2.99. The Kier molecular flexibility index (Phi) is 4.29. The molecule has 7 nitrogen and oxygen atoms in total. The molecular weight excluding hydrogens is 336 g/mol. The highest BCUT2D eigenvalue weighted by Crippen LogP contribution is 2.38. The van der Waals surface area contributed by atoms with Crippen LogP contribution < -0.4 is 5.73 Å². The van der Waals surface area contributed by atoms with E-state index in [1.807, 2.05) is 13.1 Å². The Morgan fingerprint density at radius 1 is 1.24 bits per heavy atom. The zero-order valence-electron chi connectivity index (χ0n) is 13.1. The Morgan fingerprint density at radius 2 is 2.00 bits per heavy atom. The Morgan fingerprint density at radius 3 is 2.60 bits per heavy atom. The number of nitrogens with two attached hydrogens (primary N) is 1. The number of nitriles is 2. The zero-order chi connectivity index (χ0) is 18.0. The SMILES string of the molecule is Cn1ccnc1Sc1nc(N)c(C#N)c(-c2cccc(O)c2)c1C#N. The van der Waals surface area contributed by atoms with E-state index in [0.29, 0.717) is 21.3 Å². The number of imidazole rings is 1. The van der Waals surface area contributed by atoms with Gasteiger partial charge in [-0.05, 0) is 29.5 Å². The molecule has 0 spiro atoms. The van der Waals surface area contributed by atoms with Crippen LogP contribution in [-0.4, -0.2) is 19.6 Å². The number of pyridine rings is 1. The van der Waals surface area contributed by atoms with Crippen LogP contribution in [0.4, 0.5) is 5.82 Å². The van der Waals surface area contributed by atoms with Gasteiger partial charge in [-0.25, -0.2) is 9.97 Å². The molecule has 3 N–H and O–H groups in total. The number of aromatic nitrogens is 3. The van der Waals surface area contributed by atoms with E-state index in [2.05, 4.69) is 16.0 Å². The van der Waals surface area contributed by atoms with Crippen molar-refractivity contribution >= 4 is 17.6 Å². The minimum absolute atomic E-state index is 0.0246. The molecule has 0 amide bonds. The summed E-state index contributed by atoms with van der Waals surface area (Å²) in [6, 6.07) is 10.4. The second-order valence-corrected chi connectivity index (χ2v) is 6.08. The van der Waals surface area contributed by atoms with Crippen molar-refractivity contribution in [3.8, 4) is 29.0 Å². The van der Waals surface area contributed by atoms with E-state index < -0.39 is 0 Å². The lowest BCUT2D eigenvalue weighted by atomic mass is 9.97. The van der Waals surface area contributed by atoms with Gasteiger partial charge in [-0.3, -0.25) is 0 Å². The largest absolute Gasteiger partial charge is 0.508 e. The van der Waals surface area contributed by atoms with Gasteiger partial charge < -0.3 is 15.4 Å². The molecule has 8 heteroatoms. The molecule has 0 atom stereocenters. The normalized spacial score (nSPS) is 10.2. The van der Waals surface area contributed by atoms with Gasteiger partial charge in [0, 0.05) is 25.0 Å². The monoisotopic (exact) mass is 348 g/mol. The number of benzene rings is 1. The third-order valence-electron chi connectivity index (χ3n) is 3.52. The number of phenolic OH excluding ortho intramolecular Hbond substituents is 1. The number of aromatic hydroxyl groups is 1. The van der Waals surface area contributed by atoms with Gasteiger partial charge in [0.1, 0.15) is 34.3 Å². The first-order chi connectivity index (χ1) is 12.0. The van der Waals surface area contributed by atoms with E-state index in [9.17, 15) is 15.6 Å². The van der Waals surface area contributed by atoms with E-state index in [1.54, 1.807) is 29.1 Å². The fourth-order valence-corrected chi connectivity index (χ4v) is 3.24. The maximum Gasteiger partial charge on any atom is 0.174 e. The minimum Gasteiger partial charge on any atom is -0.508 e. The molecule has 122 valence electrons. The number of aryl methyl sites for hydroxylation is 1. The van der Waals surface area contributed by atoms with Gasteiger partial charge in [0.25, 0.3) is 0 Å². The van der Waals surface area contributed by atoms with E-state index in [-0.39, 0.29) is 22.7 Å². The number of nitrogen functional groups attached to an aromatic ring is 1. The van der Waals surface area contributed by atoms with Crippen molar-refractivity contribution in [1.82, 2.24) is 14.5 Å². The lowest BCUT2D eigenvalue weighted by Gasteiger charge is -2.13. The van der Waals surface area contributed by atoms with Crippen LogP contribution in [0.2, 0.25) is 0 Å². The van der Waals surface area contributed by atoms with Crippen LogP contribution in [0.3, 0.4) is 0 Å². The Hall–Kier alpha value is -3.49. The first-order valence-corrected chi connectivity index (χ1v) is 7.95. The van der Waals surface area contributed by atoms with Crippen molar-refractivity contribution in [2.45, 2.75) is 10.2 Å². The van der Waals surface area contributed by atoms with Crippen LogP contribution in [0.5, 0.6) is 5.75 Å². The third-order valence-corrected chi connectivity index (χ3v) is 4.58. The molecule has 1 aromatic carbocycles. The average molecular weight is 348 g/mol. The lowest BCUT2D eigenvalue weighted by molar-refractivity contribution is 0.475. The van der Waals surface area contributed by atoms with Crippen LogP contribution in [0.25, 0.3) is 11.1 Å². The summed E-state index contributed by atoms with van der Waals surface area (Å²) < 4.78 is 1.79. The van der Waals surface area contributed by atoms with Crippen LogP contribution in [0, 0.1) is 22.7 Å². The predicted molar refractivity (Wildman–Crippen MR) is 92.5 cm³/mol. The quantitative estimate of drug-likeness (QED) is 0.745. The van der Waals surface area contributed by atoms with E-state index in [0.717, 1.165) is 0 Å². The molecular formula is C17H12N6OS. The number of phenols is 1. The number of rotatable bonds is 3. The molecule has 25 heavy (non-hydrogen) atoms. The van der Waals surface area contributed by atoms with Crippen LogP contribution in [-0.2, 0) is 7.05 Å². The molecule has 3 rings (SSSR count). The Balaban J connectivity index is 2.27. The number of hydrogen-bond acceptors (Lipinski definition) is 7. The van der Waals surface area contributed by atoms with Gasteiger partial charge in [-0.1, -0.05) is 12.1 Å². The molecule has 2 aromatic heterocycles. The minimum atomic E-state index is 0.0246. The summed E-state index contributed by atoms with van der Waals surface area (Å²) in [6.07, 6.45) is 3.41. The molecule has 0 unspecified atom stereocenters. The van der Waals surface area contributed by atoms with Crippen molar-refractivity contribution < 1.29 is 5.11 Å². The maximum atomic E-state index is 9.75. The van der Waals surface area contributed by atoms with Gasteiger partial charge >= 0.3 is 0 Å². The summed E-state index contributed by atoms with van der Waals surface area (Å²) in [5, 5.41) is 29.9. The summed E-state index contributed by atoms with van der Waals surface area (Å²) in [5.74, 6) is 0.0514. The molecule has 0 fully saturated rings. The fraction of sp³-hybridized carbons (Fsp3) is 0.0588. The van der Waals surface area contributed by atoms with Crippen molar-refractivity contribution in [3.63, 3.8) is 0 Å². The van der Waals surface area contributed by atoms with Gasteiger partial charge in [0.05, 0.1) is 5.56 Å². The molecule has 0 aliphatic rings. The highest BCUT2D eigenvalue weighted by atomic mass is 32.2. The molecule has 0 radical (unpaired) electrons. The van der Waals surface area contributed by atoms with E-state index >= 15 is 0 Å². The van der Waals surface area contributed by atoms with Gasteiger partial charge in [-0.15, -0.1) is 0 Å². The van der Waals surface area contributed by atoms with Crippen LogP contribution in [0.15, 0.2) is 46.8 Å². The number of anilines is 1. The number of nitrogens with zero attached hydrogens (tertiary/aromatic N) is 5.